The van der Waals surface area contributed by atoms with Crippen LogP contribution in [0.15, 0.2) is 155 Å². The Kier molecular flexibility index (Phi) is 5.40. The minimum atomic E-state index is 0.854. The number of furan rings is 1. The van der Waals surface area contributed by atoms with Crippen molar-refractivity contribution < 1.29 is 4.42 Å². The van der Waals surface area contributed by atoms with Gasteiger partial charge in [0, 0.05) is 32.7 Å². The highest BCUT2D eigenvalue weighted by molar-refractivity contribution is 6.35. The van der Waals surface area contributed by atoms with Gasteiger partial charge in [0.05, 0.1) is 11.0 Å². The molecular formula is C43H28N2O. The van der Waals surface area contributed by atoms with E-state index in [2.05, 4.69) is 144 Å². The van der Waals surface area contributed by atoms with Crippen LogP contribution in [0.25, 0.3) is 70.9 Å². The molecule has 0 N–H and O–H groups in total. The van der Waals surface area contributed by atoms with Crippen molar-refractivity contribution in [3.63, 3.8) is 0 Å². The Morgan fingerprint density at radius 2 is 1.11 bits per heavy atom. The first kappa shape index (κ1) is 25.4. The van der Waals surface area contributed by atoms with Crippen molar-refractivity contribution >= 4 is 76.6 Å². The Bertz CT molecular complexity index is 2710. The summed E-state index contributed by atoms with van der Waals surface area (Å²) < 4.78 is 8.98. The van der Waals surface area contributed by atoms with E-state index in [4.69, 9.17) is 9.41 Å². The summed E-state index contributed by atoms with van der Waals surface area (Å²) in [5.74, 6) is 1.78. The predicted molar refractivity (Wildman–Crippen MR) is 193 cm³/mol. The molecule has 3 nitrogen and oxygen atoms in total. The van der Waals surface area contributed by atoms with Gasteiger partial charge in [0.2, 0.25) is 0 Å². The molecule has 0 fully saturated rings. The SMILES string of the molecule is C1=C(n2c3ccccc3c3c4c5ccccc5c5ccccc5c4ccc32)\N=C(\c2ccccc2)c2oc3ccccc3c2CC/1. The second-order valence-electron chi connectivity index (χ2n) is 12.2. The van der Waals surface area contributed by atoms with Gasteiger partial charge in [-0.05, 0) is 64.0 Å². The highest BCUT2D eigenvalue weighted by Crippen LogP contribution is 2.44. The average molecular weight is 589 g/mol. The van der Waals surface area contributed by atoms with Gasteiger partial charge in [-0.15, -0.1) is 0 Å². The predicted octanol–water partition coefficient (Wildman–Crippen LogP) is 11.3. The maximum absolute atomic E-state index is 6.61. The van der Waals surface area contributed by atoms with Crippen molar-refractivity contribution in [2.45, 2.75) is 12.8 Å². The summed E-state index contributed by atoms with van der Waals surface area (Å²) in [5, 5.41) is 11.3. The van der Waals surface area contributed by atoms with Gasteiger partial charge in [-0.25, -0.2) is 4.99 Å². The van der Waals surface area contributed by atoms with Gasteiger partial charge in [0.1, 0.15) is 17.1 Å². The number of nitrogens with zero attached hydrogens (tertiary/aromatic N) is 2. The standard InChI is InChI=1S/C43H28N2O/c1-2-13-27(14-3-1)42-43-34(31-18-9-11-23-38(31)46-43)21-12-24-39(44-42)45-36-22-10-8-20-35(36)41-37(45)26-25-33-30-17-5-4-15-28(30)29-16-6-7-19-32(29)40(33)41/h1-11,13-20,22-26H,12,21H2/b39-24+,44-42-. The molecule has 0 spiro atoms. The highest BCUT2D eigenvalue weighted by atomic mass is 16.3. The number of aryl methyl sites for hydroxylation is 1. The molecule has 0 saturated carbocycles. The number of rotatable bonds is 2. The minimum Gasteiger partial charge on any atom is -0.454 e. The molecule has 3 heteroatoms. The molecule has 9 aromatic rings. The molecule has 0 bridgehead atoms. The fourth-order valence-electron chi connectivity index (χ4n) is 7.73. The molecule has 46 heavy (non-hydrogen) atoms. The van der Waals surface area contributed by atoms with Crippen LogP contribution in [0.4, 0.5) is 0 Å². The molecule has 1 aliphatic heterocycles. The Labute approximate surface area is 265 Å². The molecule has 216 valence electrons. The zero-order valence-electron chi connectivity index (χ0n) is 25.1. The molecule has 0 atom stereocenters. The van der Waals surface area contributed by atoms with E-state index in [1.54, 1.807) is 0 Å². The van der Waals surface area contributed by atoms with Crippen LogP contribution < -0.4 is 0 Å². The number of hydrogen-bond donors (Lipinski definition) is 0. The first-order valence-corrected chi connectivity index (χ1v) is 16.0. The number of benzene rings is 7. The topological polar surface area (TPSA) is 30.4 Å². The first-order valence-electron chi connectivity index (χ1n) is 16.0. The summed E-state index contributed by atoms with van der Waals surface area (Å²) >= 11 is 0. The molecule has 1 aliphatic rings. The quantitative estimate of drug-likeness (QED) is 0.185. The molecule has 3 heterocycles. The van der Waals surface area contributed by atoms with Gasteiger partial charge in [-0.1, -0.05) is 121 Å². The summed E-state index contributed by atoms with van der Waals surface area (Å²) in [7, 11) is 0. The van der Waals surface area contributed by atoms with Crippen molar-refractivity contribution in [3.05, 3.63) is 162 Å². The molecule has 7 aromatic carbocycles. The maximum Gasteiger partial charge on any atom is 0.157 e. The van der Waals surface area contributed by atoms with Crippen molar-refractivity contribution in [1.82, 2.24) is 4.57 Å². The summed E-state index contributed by atoms with van der Waals surface area (Å²) in [6.45, 7) is 0. The van der Waals surface area contributed by atoms with Crippen molar-refractivity contribution in [2.75, 3.05) is 0 Å². The van der Waals surface area contributed by atoms with Crippen LogP contribution in [0, 0.1) is 0 Å². The molecule has 10 rings (SSSR count). The van der Waals surface area contributed by atoms with Crippen LogP contribution >= 0.6 is 0 Å². The van der Waals surface area contributed by atoms with Crippen LogP contribution in [-0.2, 0) is 6.42 Å². The molecule has 2 aromatic heterocycles. The summed E-state index contributed by atoms with van der Waals surface area (Å²) in [6, 6.07) is 49.8. The smallest absolute Gasteiger partial charge is 0.157 e. The lowest BCUT2D eigenvalue weighted by Gasteiger charge is -2.15. The van der Waals surface area contributed by atoms with Crippen LogP contribution in [-0.4, -0.2) is 10.3 Å². The monoisotopic (exact) mass is 588 g/mol. The fourth-order valence-corrected chi connectivity index (χ4v) is 7.73. The normalized spacial score (nSPS) is 16.0. The largest absolute Gasteiger partial charge is 0.454 e. The first-order chi connectivity index (χ1) is 22.8. The average Bonchev–Trinajstić information content (AvgIpc) is 3.64. The van der Waals surface area contributed by atoms with E-state index in [-0.39, 0.29) is 0 Å². The lowest BCUT2D eigenvalue weighted by molar-refractivity contribution is 0.599. The third kappa shape index (κ3) is 3.57. The van der Waals surface area contributed by atoms with Gasteiger partial charge in [-0.3, -0.25) is 4.57 Å². The van der Waals surface area contributed by atoms with Crippen LogP contribution in [0.2, 0.25) is 0 Å². The molecule has 0 unspecified atom stereocenters. The highest BCUT2D eigenvalue weighted by Gasteiger charge is 2.24. The number of allylic oxidation sites excluding steroid dienone is 1. The Hall–Kier alpha value is -5.93. The maximum atomic E-state index is 6.61. The zero-order valence-corrected chi connectivity index (χ0v) is 25.1. The summed E-state index contributed by atoms with van der Waals surface area (Å²) in [4.78, 5) is 5.52. The Morgan fingerprint density at radius 3 is 1.89 bits per heavy atom. The zero-order chi connectivity index (χ0) is 30.2. The van der Waals surface area contributed by atoms with Gasteiger partial charge in [-0.2, -0.15) is 0 Å². The molecule has 0 amide bonds. The van der Waals surface area contributed by atoms with Gasteiger partial charge >= 0.3 is 0 Å². The van der Waals surface area contributed by atoms with Gasteiger partial charge < -0.3 is 4.42 Å². The Morgan fingerprint density at radius 1 is 0.500 bits per heavy atom. The third-order valence-corrected chi connectivity index (χ3v) is 9.68. The van der Waals surface area contributed by atoms with Crippen LogP contribution in [0.5, 0.6) is 0 Å². The van der Waals surface area contributed by atoms with Crippen molar-refractivity contribution in [2.24, 2.45) is 4.99 Å². The van der Waals surface area contributed by atoms with E-state index in [1.807, 2.05) is 6.07 Å². The minimum absolute atomic E-state index is 0.854. The van der Waals surface area contributed by atoms with Crippen molar-refractivity contribution in [1.29, 1.82) is 0 Å². The van der Waals surface area contributed by atoms with E-state index in [1.165, 1.54) is 54.0 Å². The number of aromatic nitrogens is 1. The van der Waals surface area contributed by atoms with E-state index >= 15 is 0 Å². The summed E-state index contributed by atoms with van der Waals surface area (Å²) in [6.07, 6.45) is 4.03. The fraction of sp³-hybridized carbons (Fsp3) is 0.0465. The van der Waals surface area contributed by atoms with Crippen LogP contribution in [0.1, 0.15) is 23.3 Å². The third-order valence-electron chi connectivity index (χ3n) is 9.68. The Balaban J connectivity index is 1.33. The van der Waals surface area contributed by atoms with Gasteiger partial charge in [0.25, 0.3) is 0 Å². The number of aliphatic imine (C=N–C) groups is 1. The van der Waals surface area contributed by atoms with Crippen molar-refractivity contribution in [3.8, 4) is 0 Å². The number of fused-ring (bicyclic) bond motifs is 13. The molecule has 0 radical (unpaired) electrons. The van der Waals surface area contributed by atoms with Crippen LogP contribution in [0.3, 0.4) is 0 Å². The summed E-state index contributed by atoms with van der Waals surface area (Å²) in [5.41, 5.74) is 6.33. The second kappa shape index (κ2) is 9.79. The van der Waals surface area contributed by atoms with E-state index < -0.39 is 0 Å². The second-order valence-corrected chi connectivity index (χ2v) is 12.2. The van der Waals surface area contributed by atoms with E-state index in [9.17, 15) is 0 Å². The number of hydrogen-bond acceptors (Lipinski definition) is 2. The lowest BCUT2D eigenvalue weighted by Crippen LogP contribution is -2.09. The number of para-hydroxylation sites is 2. The molecule has 0 aliphatic carbocycles. The van der Waals surface area contributed by atoms with E-state index in [0.717, 1.165) is 52.3 Å². The van der Waals surface area contributed by atoms with Gasteiger partial charge in [0.15, 0.2) is 5.76 Å². The lowest BCUT2D eigenvalue weighted by atomic mass is 9.92. The van der Waals surface area contributed by atoms with E-state index in [0.29, 0.717) is 0 Å². The molecular weight excluding hydrogens is 560 g/mol. The molecule has 0 saturated heterocycles.